The lowest BCUT2D eigenvalue weighted by Gasteiger charge is -2.10. The first-order valence-corrected chi connectivity index (χ1v) is 8.38. The summed E-state index contributed by atoms with van der Waals surface area (Å²) < 4.78 is 0. The first-order chi connectivity index (χ1) is 12.1. The lowest BCUT2D eigenvalue weighted by atomic mass is 10.2. The van der Waals surface area contributed by atoms with Gasteiger partial charge in [-0.05, 0) is 35.9 Å². The normalized spacial score (nSPS) is 10.3. The molecule has 0 unspecified atom stereocenters. The first kappa shape index (κ1) is 17.3. The molecule has 3 aromatic rings. The number of hydrogen-bond acceptors (Lipinski definition) is 3. The number of pyridine rings is 1. The molecular weight excluding hydrogens is 357 g/mol. The minimum atomic E-state index is -0.204. The number of para-hydroxylation sites is 1. The van der Waals surface area contributed by atoms with Gasteiger partial charge in [-0.3, -0.25) is 4.79 Å². The molecule has 25 heavy (non-hydrogen) atoms. The molecule has 0 saturated heterocycles. The third kappa shape index (κ3) is 4.50. The summed E-state index contributed by atoms with van der Waals surface area (Å²) in [4.78, 5) is 16.6. The quantitative estimate of drug-likeness (QED) is 0.658. The fourth-order valence-corrected chi connectivity index (χ4v) is 2.65. The maximum absolute atomic E-state index is 12.4. The van der Waals surface area contributed by atoms with Gasteiger partial charge in [0, 0.05) is 23.3 Å². The van der Waals surface area contributed by atoms with Gasteiger partial charge in [0.25, 0.3) is 5.91 Å². The van der Waals surface area contributed by atoms with Gasteiger partial charge in [-0.15, -0.1) is 0 Å². The second-order valence-electron chi connectivity index (χ2n) is 5.31. The van der Waals surface area contributed by atoms with Crippen LogP contribution in [0.4, 0.5) is 11.5 Å². The minimum absolute atomic E-state index is 0.204. The van der Waals surface area contributed by atoms with E-state index in [1.54, 1.807) is 30.5 Å². The van der Waals surface area contributed by atoms with Gasteiger partial charge in [0.05, 0.1) is 10.7 Å². The number of anilines is 2. The maximum atomic E-state index is 12.4. The van der Waals surface area contributed by atoms with Gasteiger partial charge in [0.1, 0.15) is 5.82 Å². The molecule has 1 aromatic heterocycles. The molecule has 0 radical (unpaired) electrons. The van der Waals surface area contributed by atoms with Crippen molar-refractivity contribution in [2.45, 2.75) is 6.54 Å². The minimum Gasteiger partial charge on any atom is -0.348 e. The van der Waals surface area contributed by atoms with Gasteiger partial charge in [-0.25, -0.2) is 4.98 Å². The predicted octanol–water partition coefficient (Wildman–Crippen LogP) is 5.06. The van der Waals surface area contributed by atoms with Crippen molar-refractivity contribution < 1.29 is 4.79 Å². The number of aromatic nitrogens is 1. The molecule has 0 bridgehead atoms. The molecule has 4 nitrogen and oxygen atoms in total. The third-order valence-corrected chi connectivity index (χ3v) is 4.25. The number of halogens is 2. The molecule has 2 N–H and O–H groups in total. The van der Waals surface area contributed by atoms with Crippen molar-refractivity contribution in [2.24, 2.45) is 0 Å². The second kappa shape index (κ2) is 8.01. The molecule has 6 heteroatoms. The fraction of sp³-hybridized carbons (Fsp3) is 0.0526. The van der Waals surface area contributed by atoms with Crippen LogP contribution in [-0.2, 0) is 6.54 Å². The van der Waals surface area contributed by atoms with Crippen molar-refractivity contribution in [3.8, 4) is 0 Å². The number of rotatable bonds is 5. The molecule has 0 fully saturated rings. The Morgan fingerprint density at radius 2 is 1.68 bits per heavy atom. The molecule has 1 heterocycles. The summed E-state index contributed by atoms with van der Waals surface area (Å²) in [6, 6.07) is 18.1. The number of hydrogen-bond donors (Lipinski definition) is 2. The zero-order valence-electron chi connectivity index (χ0n) is 13.2. The van der Waals surface area contributed by atoms with E-state index in [1.165, 1.54) is 0 Å². The van der Waals surface area contributed by atoms with Gasteiger partial charge in [-0.1, -0.05) is 53.5 Å². The van der Waals surface area contributed by atoms with Crippen LogP contribution >= 0.6 is 23.2 Å². The smallest absolute Gasteiger partial charge is 0.251 e. The molecule has 0 spiro atoms. The zero-order chi connectivity index (χ0) is 17.6. The van der Waals surface area contributed by atoms with E-state index < -0.39 is 0 Å². The number of nitrogens with one attached hydrogen (secondary N) is 2. The Kier molecular flexibility index (Phi) is 5.53. The summed E-state index contributed by atoms with van der Waals surface area (Å²) in [6.07, 6.45) is 1.57. The highest BCUT2D eigenvalue weighted by Gasteiger charge is 2.09. The van der Waals surface area contributed by atoms with Gasteiger partial charge >= 0.3 is 0 Å². The van der Waals surface area contributed by atoms with Crippen LogP contribution in [-0.4, -0.2) is 10.9 Å². The molecule has 0 atom stereocenters. The van der Waals surface area contributed by atoms with Gasteiger partial charge in [0.2, 0.25) is 0 Å². The Hall–Kier alpha value is -2.56. The van der Waals surface area contributed by atoms with Crippen molar-refractivity contribution in [3.63, 3.8) is 0 Å². The van der Waals surface area contributed by atoms with Crippen LogP contribution in [0.2, 0.25) is 10.0 Å². The molecule has 0 aliphatic carbocycles. The summed E-state index contributed by atoms with van der Waals surface area (Å²) in [5.74, 6) is 0.336. The standard InChI is InChI=1S/C19H15Cl2N3O/c20-15-6-2-1-5-14(15)12-23-19(25)13-9-10-22-18(11-13)24-17-8-4-3-7-16(17)21/h1-11H,12H2,(H,22,24)(H,23,25). The van der Waals surface area contributed by atoms with Crippen LogP contribution in [0.5, 0.6) is 0 Å². The van der Waals surface area contributed by atoms with E-state index in [2.05, 4.69) is 15.6 Å². The lowest BCUT2D eigenvalue weighted by molar-refractivity contribution is 0.0951. The average molecular weight is 372 g/mol. The van der Waals surface area contributed by atoms with Crippen LogP contribution in [0.3, 0.4) is 0 Å². The molecule has 126 valence electrons. The highest BCUT2D eigenvalue weighted by Crippen LogP contribution is 2.24. The summed E-state index contributed by atoms with van der Waals surface area (Å²) in [7, 11) is 0. The van der Waals surface area contributed by atoms with Gasteiger partial charge in [0.15, 0.2) is 0 Å². The first-order valence-electron chi connectivity index (χ1n) is 7.63. The summed E-state index contributed by atoms with van der Waals surface area (Å²) >= 11 is 12.2. The molecule has 2 aromatic carbocycles. The Bertz CT molecular complexity index is 899. The number of nitrogens with zero attached hydrogens (tertiary/aromatic N) is 1. The Balaban J connectivity index is 1.69. The van der Waals surface area contributed by atoms with E-state index in [0.717, 1.165) is 11.3 Å². The van der Waals surface area contributed by atoms with Crippen molar-refractivity contribution in [1.29, 1.82) is 0 Å². The highest BCUT2D eigenvalue weighted by atomic mass is 35.5. The number of carbonyl (C=O) groups is 1. The van der Waals surface area contributed by atoms with Crippen LogP contribution < -0.4 is 10.6 Å². The summed E-state index contributed by atoms with van der Waals surface area (Å²) in [5.41, 5.74) is 2.09. The molecule has 1 amide bonds. The summed E-state index contributed by atoms with van der Waals surface area (Å²) in [6.45, 7) is 0.355. The maximum Gasteiger partial charge on any atom is 0.251 e. The van der Waals surface area contributed by atoms with Gasteiger partial charge in [-0.2, -0.15) is 0 Å². The van der Waals surface area contributed by atoms with Crippen molar-refractivity contribution in [2.75, 3.05) is 5.32 Å². The lowest BCUT2D eigenvalue weighted by Crippen LogP contribution is -2.23. The van der Waals surface area contributed by atoms with Crippen LogP contribution in [0.25, 0.3) is 0 Å². The van der Waals surface area contributed by atoms with Crippen LogP contribution in [0, 0.1) is 0 Å². The van der Waals surface area contributed by atoms with Crippen LogP contribution in [0.1, 0.15) is 15.9 Å². The average Bonchev–Trinajstić information content (AvgIpc) is 2.63. The second-order valence-corrected chi connectivity index (χ2v) is 6.12. The molecular formula is C19H15Cl2N3O. The van der Waals surface area contributed by atoms with E-state index in [1.807, 2.05) is 36.4 Å². The van der Waals surface area contributed by atoms with Crippen molar-refractivity contribution >= 4 is 40.6 Å². The third-order valence-electron chi connectivity index (χ3n) is 3.56. The van der Waals surface area contributed by atoms with E-state index in [4.69, 9.17) is 23.2 Å². The number of benzene rings is 2. The van der Waals surface area contributed by atoms with E-state index in [0.29, 0.717) is 28.0 Å². The Morgan fingerprint density at radius 1 is 0.960 bits per heavy atom. The van der Waals surface area contributed by atoms with E-state index in [-0.39, 0.29) is 5.91 Å². The Morgan fingerprint density at radius 3 is 2.44 bits per heavy atom. The van der Waals surface area contributed by atoms with Gasteiger partial charge < -0.3 is 10.6 Å². The number of carbonyl (C=O) groups excluding carboxylic acids is 1. The molecule has 3 rings (SSSR count). The topological polar surface area (TPSA) is 54.0 Å². The molecule has 0 saturated carbocycles. The van der Waals surface area contributed by atoms with Crippen LogP contribution in [0.15, 0.2) is 66.9 Å². The Labute approximate surface area is 155 Å². The fourth-order valence-electron chi connectivity index (χ4n) is 2.26. The highest BCUT2D eigenvalue weighted by molar-refractivity contribution is 6.33. The van der Waals surface area contributed by atoms with Crippen molar-refractivity contribution in [3.05, 3.63) is 88.0 Å². The SMILES string of the molecule is O=C(NCc1ccccc1Cl)c1ccnc(Nc2ccccc2Cl)c1. The molecule has 0 aliphatic heterocycles. The van der Waals surface area contributed by atoms with E-state index in [9.17, 15) is 4.79 Å². The molecule has 0 aliphatic rings. The number of amides is 1. The monoisotopic (exact) mass is 371 g/mol. The van der Waals surface area contributed by atoms with E-state index >= 15 is 0 Å². The largest absolute Gasteiger partial charge is 0.348 e. The zero-order valence-corrected chi connectivity index (χ0v) is 14.7. The summed E-state index contributed by atoms with van der Waals surface area (Å²) in [5, 5.41) is 7.16. The van der Waals surface area contributed by atoms with Crippen molar-refractivity contribution in [1.82, 2.24) is 10.3 Å². The predicted molar refractivity (Wildman–Crippen MR) is 102 cm³/mol.